The van der Waals surface area contributed by atoms with Crippen LogP contribution in [0.4, 0.5) is 5.69 Å². The van der Waals surface area contributed by atoms with Gasteiger partial charge in [0.05, 0.1) is 6.10 Å². The van der Waals surface area contributed by atoms with Crippen molar-refractivity contribution in [1.82, 2.24) is 0 Å². The molecule has 1 N–H and O–H groups in total. The molecule has 0 saturated heterocycles. The first-order valence-corrected chi connectivity index (χ1v) is 5.91. The Kier molecular flexibility index (Phi) is 3.39. The van der Waals surface area contributed by atoms with Crippen LogP contribution in [0, 0.1) is 6.92 Å². The van der Waals surface area contributed by atoms with Gasteiger partial charge < -0.3 is 14.4 Å². The number of aryl methyl sites for hydroxylation is 1. The monoisotopic (exact) mass is 247 g/mol. The smallest absolute Gasteiger partial charge is 0.336 e. The molecule has 0 aliphatic rings. The highest BCUT2D eigenvalue weighted by Gasteiger charge is 2.08. The van der Waals surface area contributed by atoms with Gasteiger partial charge in [-0.2, -0.15) is 0 Å². The van der Waals surface area contributed by atoms with Gasteiger partial charge in [0.1, 0.15) is 5.58 Å². The molecular formula is C14H17NO3. The Balaban J connectivity index is 2.47. The van der Waals surface area contributed by atoms with Crippen molar-refractivity contribution < 1.29 is 9.52 Å². The summed E-state index contributed by atoms with van der Waals surface area (Å²) in [7, 11) is 1.89. The number of benzene rings is 1. The van der Waals surface area contributed by atoms with Crippen LogP contribution in [0.25, 0.3) is 11.0 Å². The topological polar surface area (TPSA) is 53.7 Å². The Morgan fingerprint density at radius 3 is 2.78 bits per heavy atom. The molecule has 0 amide bonds. The largest absolute Gasteiger partial charge is 0.423 e. The molecule has 2 rings (SSSR count). The van der Waals surface area contributed by atoms with Crippen LogP contribution in [0.1, 0.15) is 12.5 Å². The van der Waals surface area contributed by atoms with Gasteiger partial charge >= 0.3 is 5.63 Å². The Morgan fingerprint density at radius 2 is 2.11 bits per heavy atom. The molecule has 1 atom stereocenters. The van der Waals surface area contributed by atoms with Crippen molar-refractivity contribution in [3.05, 3.63) is 40.2 Å². The maximum Gasteiger partial charge on any atom is 0.336 e. The van der Waals surface area contributed by atoms with Crippen molar-refractivity contribution in [3.8, 4) is 0 Å². The third kappa shape index (κ3) is 2.54. The minimum atomic E-state index is -0.407. The summed E-state index contributed by atoms with van der Waals surface area (Å²) in [5.41, 5.74) is 2.06. The second-order valence-corrected chi connectivity index (χ2v) is 4.66. The number of likely N-dealkylation sites (N-methyl/N-ethyl adjacent to an activating group) is 1. The summed E-state index contributed by atoms with van der Waals surface area (Å²) in [6.07, 6.45) is -0.407. The molecule has 18 heavy (non-hydrogen) atoms. The highest BCUT2D eigenvalue weighted by Crippen LogP contribution is 2.22. The summed E-state index contributed by atoms with van der Waals surface area (Å²) in [4.78, 5) is 13.3. The lowest BCUT2D eigenvalue weighted by molar-refractivity contribution is 0.201. The molecule has 0 radical (unpaired) electrons. The van der Waals surface area contributed by atoms with Crippen molar-refractivity contribution in [2.24, 2.45) is 0 Å². The zero-order valence-electron chi connectivity index (χ0n) is 10.8. The van der Waals surface area contributed by atoms with E-state index in [2.05, 4.69) is 0 Å². The molecular weight excluding hydrogens is 230 g/mol. The summed E-state index contributed by atoms with van der Waals surface area (Å²) < 4.78 is 5.19. The lowest BCUT2D eigenvalue weighted by Crippen LogP contribution is -2.26. The summed E-state index contributed by atoms with van der Waals surface area (Å²) in [5, 5.41) is 10.3. The number of rotatable bonds is 3. The molecule has 96 valence electrons. The van der Waals surface area contributed by atoms with Gasteiger partial charge in [0.2, 0.25) is 0 Å². The molecule has 0 saturated carbocycles. The Morgan fingerprint density at radius 1 is 1.39 bits per heavy atom. The number of aliphatic hydroxyl groups excluding tert-OH is 1. The molecule has 4 nitrogen and oxygen atoms in total. The first kappa shape index (κ1) is 12.6. The molecule has 1 aromatic carbocycles. The van der Waals surface area contributed by atoms with E-state index in [1.807, 2.05) is 37.1 Å². The minimum Gasteiger partial charge on any atom is -0.423 e. The van der Waals surface area contributed by atoms with Crippen molar-refractivity contribution in [3.63, 3.8) is 0 Å². The van der Waals surface area contributed by atoms with E-state index in [4.69, 9.17) is 4.42 Å². The number of nitrogens with zero attached hydrogens (tertiary/aromatic N) is 1. The van der Waals surface area contributed by atoms with Crippen molar-refractivity contribution >= 4 is 16.7 Å². The number of fused-ring (bicyclic) bond motifs is 1. The van der Waals surface area contributed by atoms with Crippen LogP contribution in [0.15, 0.2) is 33.5 Å². The van der Waals surface area contributed by atoms with Gasteiger partial charge in [0, 0.05) is 36.8 Å². The molecule has 0 aliphatic carbocycles. The molecule has 1 aromatic heterocycles. The first-order chi connectivity index (χ1) is 8.47. The summed E-state index contributed by atoms with van der Waals surface area (Å²) in [6, 6.07) is 7.20. The molecule has 0 spiro atoms. The first-order valence-electron chi connectivity index (χ1n) is 5.91. The number of hydrogen-bond donors (Lipinski definition) is 1. The van der Waals surface area contributed by atoms with Gasteiger partial charge in [-0.3, -0.25) is 0 Å². The average Bonchev–Trinajstić information content (AvgIpc) is 2.26. The van der Waals surface area contributed by atoms with Crippen LogP contribution in [0.3, 0.4) is 0 Å². The van der Waals surface area contributed by atoms with Crippen molar-refractivity contribution in [2.45, 2.75) is 20.0 Å². The normalized spacial score (nSPS) is 12.7. The van der Waals surface area contributed by atoms with E-state index in [1.165, 1.54) is 6.07 Å². The Bertz CT molecular complexity index is 616. The predicted molar refractivity (Wildman–Crippen MR) is 72.2 cm³/mol. The van der Waals surface area contributed by atoms with Crippen molar-refractivity contribution in [1.29, 1.82) is 0 Å². The van der Waals surface area contributed by atoms with Crippen molar-refractivity contribution in [2.75, 3.05) is 18.5 Å². The summed E-state index contributed by atoms with van der Waals surface area (Å²) in [6.45, 7) is 4.15. The standard InChI is InChI=1S/C14H17NO3/c1-9-6-14(17)18-13-7-11(4-5-12(9)13)15(3)8-10(2)16/h4-7,10,16H,8H2,1-3H3. The zero-order valence-corrected chi connectivity index (χ0v) is 10.8. The number of aliphatic hydroxyl groups is 1. The van der Waals surface area contributed by atoms with Gasteiger partial charge in [-0.1, -0.05) is 0 Å². The molecule has 0 bridgehead atoms. The fourth-order valence-corrected chi connectivity index (χ4v) is 2.05. The van der Waals surface area contributed by atoms with Gasteiger partial charge in [0.25, 0.3) is 0 Å². The fraction of sp³-hybridized carbons (Fsp3) is 0.357. The minimum absolute atomic E-state index is 0.338. The van der Waals surface area contributed by atoms with E-state index in [-0.39, 0.29) is 5.63 Å². The number of anilines is 1. The molecule has 1 heterocycles. The van der Waals surface area contributed by atoms with Crippen LogP contribution in [0.5, 0.6) is 0 Å². The average molecular weight is 247 g/mol. The second kappa shape index (κ2) is 4.82. The maximum atomic E-state index is 11.3. The van der Waals surface area contributed by atoms with Crippen LogP contribution >= 0.6 is 0 Å². The quantitative estimate of drug-likeness (QED) is 0.842. The third-order valence-corrected chi connectivity index (χ3v) is 2.91. The highest BCUT2D eigenvalue weighted by molar-refractivity contribution is 5.83. The van der Waals surface area contributed by atoms with Gasteiger partial charge in [-0.15, -0.1) is 0 Å². The number of hydrogen-bond acceptors (Lipinski definition) is 4. The van der Waals surface area contributed by atoms with E-state index in [0.29, 0.717) is 12.1 Å². The predicted octanol–water partition coefficient (Wildman–Crippen LogP) is 1.92. The van der Waals surface area contributed by atoms with E-state index in [0.717, 1.165) is 16.6 Å². The second-order valence-electron chi connectivity index (χ2n) is 4.66. The molecule has 0 fully saturated rings. The molecule has 4 heteroatoms. The molecule has 1 unspecified atom stereocenters. The van der Waals surface area contributed by atoms with E-state index in [1.54, 1.807) is 6.92 Å². The maximum absolute atomic E-state index is 11.3. The van der Waals surface area contributed by atoms with E-state index >= 15 is 0 Å². The van der Waals surface area contributed by atoms with Crippen LogP contribution in [-0.4, -0.2) is 24.8 Å². The fourth-order valence-electron chi connectivity index (χ4n) is 2.05. The van der Waals surface area contributed by atoms with E-state index < -0.39 is 6.10 Å². The zero-order chi connectivity index (χ0) is 13.3. The van der Waals surface area contributed by atoms with Gasteiger partial charge in [0.15, 0.2) is 0 Å². The molecule has 0 aliphatic heterocycles. The lowest BCUT2D eigenvalue weighted by atomic mass is 10.1. The SMILES string of the molecule is Cc1cc(=O)oc2cc(N(C)CC(C)O)ccc12. The van der Waals surface area contributed by atoms with Crippen LogP contribution < -0.4 is 10.5 Å². The van der Waals surface area contributed by atoms with Crippen LogP contribution in [-0.2, 0) is 0 Å². The van der Waals surface area contributed by atoms with Gasteiger partial charge in [-0.25, -0.2) is 4.79 Å². The summed E-state index contributed by atoms with van der Waals surface area (Å²) >= 11 is 0. The van der Waals surface area contributed by atoms with Crippen LogP contribution in [0.2, 0.25) is 0 Å². The lowest BCUT2D eigenvalue weighted by Gasteiger charge is -2.21. The summed E-state index contributed by atoms with van der Waals surface area (Å²) in [5.74, 6) is 0. The molecule has 2 aromatic rings. The highest BCUT2D eigenvalue weighted by atomic mass is 16.4. The Hall–Kier alpha value is -1.81. The van der Waals surface area contributed by atoms with Gasteiger partial charge in [-0.05, 0) is 31.5 Å². The van der Waals surface area contributed by atoms with E-state index in [9.17, 15) is 9.90 Å². The third-order valence-electron chi connectivity index (χ3n) is 2.91. The Labute approximate surface area is 105 Å².